The number of nitrogens with zero attached hydrogens (tertiary/aromatic N) is 1. The molecule has 0 spiro atoms. The molecule has 0 radical (unpaired) electrons. The second-order valence-corrected chi connectivity index (χ2v) is 3.47. The lowest BCUT2D eigenvalue weighted by Gasteiger charge is -1.95. The fourth-order valence-electron chi connectivity index (χ4n) is 0.832. The van der Waals surface area contributed by atoms with Crippen molar-refractivity contribution in [2.75, 3.05) is 6.54 Å². The molecule has 1 aromatic rings. The Labute approximate surface area is 81.5 Å². The van der Waals surface area contributed by atoms with Crippen molar-refractivity contribution >= 4 is 23.3 Å². The molecule has 13 heavy (non-hydrogen) atoms. The number of aromatic nitrogens is 1. The Hall–Kier alpha value is -1.16. The summed E-state index contributed by atoms with van der Waals surface area (Å²) in [5.41, 5.74) is 0. The molecule has 0 aliphatic rings. The highest BCUT2D eigenvalue weighted by Gasteiger charge is 1.88. The summed E-state index contributed by atoms with van der Waals surface area (Å²) in [6.45, 7) is 2.21. The Kier molecular flexibility index (Phi) is 4.18. The van der Waals surface area contributed by atoms with Crippen molar-refractivity contribution < 1.29 is 4.79 Å². The van der Waals surface area contributed by atoms with E-state index in [0.29, 0.717) is 6.54 Å². The van der Waals surface area contributed by atoms with Gasteiger partial charge in [-0.15, -0.1) is 11.3 Å². The summed E-state index contributed by atoms with van der Waals surface area (Å²) < 4.78 is 0. The summed E-state index contributed by atoms with van der Waals surface area (Å²) in [5.74, 6) is 0.0163. The summed E-state index contributed by atoms with van der Waals surface area (Å²) in [4.78, 5) is 14.6. The van der Waals surface area contributed by atoms with Gasteiger partial charge in [0, 0.05) is 25.0 Å². The standard InChI is InChI=1S/C9H12N2OS/c1-8(12)10-5-3-2-4-9-11-6-7-13-9/h2,4,6-7H,3,5H2,1H3,(H,10,12). The molecule has 1 N–H and O–H groups in total. The van der Waals surface area contributed by atoms with Gasteiger partial charge in [-0.3, -0.25) is 4.79 Å². The highest BCUT2D eigenvalue weighted by molar-refractivity contribution is 7.10. The third-order valence-electron chi connectivity index (χ3n) is 1.40. The van der Waals surface area contributed by atoms with Gasteiger partial charge >= 0.3 is 0 Å². The molecule has 0 atom stereocenters. The van der Waals surface area contributed by atoms with Gasteiger partial charge in [0.2, 0.25) is 5.91 Å². The zero-order valence-electron chi connectivity index (χ0n) is 7.49. The van der Waals surface area contributed by atoms with Crippen LogP contribution in [-0.2, 0) is 4.79 Å². The molecule has 3 nitrogen and oxygen atoms in total. The van der Waals surface area contributed by atoms with Crippen LogP contribution >= 0.6 is 11.3 Å². The number of hydrogen-bond acceptors (Lipinski definition) is 3. The SMILES string of the molecule is CC(=O)NCCC=Cc1nccs1. The molecule has 0 saturated carbocycles. The predicted molar refractivity (Wildman–Crippen MR) is 54.4 cm³/mol. The fraction of sp³-hybridized carbons (Fsp3) is 0.333. The minimum Gasteiger partial charge on any atom is -0.356 e. The molecule has 1 heterocycles. The summed E-state index contributed by atoms with van der Waals surface area (Å²) in [7, 11) is 0. The second kappa shape index (κ2) is 5.48. The molecule has 0 unspecified atom stereocenters. The van der Waals surface area contributed by atoms with Crippen LogP contribution in [0.2, 0.25) is 0 Å². The summed E-state index contributed by atoms with van der Waals surface area (Å²) in [6.07, 6.45) is 6.60. The number of thiazole rings is 1. The van der Waals surface area contributed by atoms with E-state index in [4.69, 9.17) is 0 Å². The number of hydrogen-bond donors (Lipinski definition) is 1. The Morgan fingerprint density at radius 1 is 1.77 bits per heavy atom. The van der Waals surface area contributed by atoms with E-state index in [1.54, 1.807) is 17.5 Å². The number of carbonyl (C=O) groups excluding carboxylic acids is 1. The number of carbonyl (C=O) groups is 1. The third kappa shape index (κ3) is 4.42. The topological polar surface area (TPSA) is 42.0 Å². The van der Waals surface area contributed by atoms with Crippen molar-refractivity contribution in [2.24, 2.45) is 0 Å². The van der Waals surface area contributed by atoms with Gasteiger partial charge in [0.15, 0.2) is 0 Å². The molecule has 0 bridgehead atoms. The molecule has 1 aromatic heterocycles. The average Bonchev–Trinajstić information content (AvgIpc) is 2.55. The number of amides is 1. The molecular weight excluding hydrogens is 184 g/mol. The molecule has 0 aliphatic carbocycles. The first-order chi connectivity index (χ1) is 6.29. The van der Waals surface area contributed by atoms with E-state index in [-0.39, 0.29) is 5.91 Å². The maximum absolute atomic E-state index is 10.5. The van der Waals surface area contributed by atoms with Gasteiger partial charge in [-0.25, -0.2) is 4.98 Å². The molecule has 70 valence electrons. The second-order valence-electron chi connectivity index (χ2n) is 2.54. The van der Waals surface area contributed by atoms with Gasteiger partial charge in [0.05, 0.1) is 0 Å². The predicted octanol–water partition coefficient (Wildman–Crippen LogP) is 1.68. The monoisotopic (exact) mass is 196 g/mol. The van der Waals surface area contributed by atoms with Gasteiger partial charge < -0.3 is 5.32 Å². The molecule has 1 amide bonds. The quantitative estimate of drug-likeness (QED) is 0.744. The summed E-state index contributed by atoms with van der Waals surface area (Å²) in [6, 6.07) is 0. The first-order valence-corrected chi connectivity index (χ1v) is 4.97. The Balaban J connectivity index is 2.16. The molecule has 0 aliphatic heterocycles. The van der Waals surface area contributed by atoms with Crippen LogP contribution in [0, 0.1) is 0 Å². The molecular formula is C9H12N2OS. The van der Waals surface area contributed by atoms with E-state index in [0.717, 1.165) is 11.4 Å². The largest absolute Gasteiger partial charge is 0.356 e. The van der Waals surface area contributed by atoms with Crippen molar-refractivity contribution in [3.63, 3.8) is 0 Å². The van der Waals surface area contributed by atoms with Gasteiger partial charge in [0.25, 0.3) is 0 Å². The van der Waals surface area contributed by atoms with Crippen LogP contribution in [0.3, 0.4) is 0 Å². The molecule has 0 fully saturated rings. The molecule has 1 rings (SSSR count). The van der Waals surface area contributed by atoms with E-state index in [1.807, 2.05) is 17.5 Å². The van der Waals surface area contributed by atoms with Crippen molar-refractivity contribution in [1.29, 1.82) is 0 Å². The maximum Gasteiger partial charge on any atom is 0.216 e. The Bertz CT molecular complexity index is 280. The maximum atomic E-state index is 10.5. The smallest absolute Gasteiger partial charge is 0.216 e. The lowest BCUT2D eigenvalue weighted by atomic mass is 10.4. The lowest BCUT2D eigenvalue weighted by Crippen LogP contribution is -2.20. The van der Waals surface area contributed by atoms with Crippen molar-refractivity contribution in [1.82, 2.24) is 10.3 Å². The first kappa shape index (κ1) is 9.92. The van der Waals surface area contributed by atoms with Gasteiger partial charge in [-0.05, 0) is 12.5 Å². The number of nitrogens with one attached hydrogen (secondary N) is 1. The third-order valence-corrected chi connectivity index (χ3v) is 2.14. The van der Waals surface area contributed by atoms with E-state index in [9.17, 15) is 4.79 Å². The Morgan fingerprint density at radius 2 is 2.62 bits per heavy atom. The first-order valence-electron chi connectivity index (χ1n) is 4.09. The van der Waals surface area contributed by atoms with Crippen LogP contribution in [0.15, 0.2) is 17.7 Å². The number of rotatable bonds is 4. The summed E-state index contributed by atoms with van der Waals surface area (Å²) >= 11 is 1.60. The van der Waals surface area contributed by atoms with Crippen LogP contribution in [0.4, 0.5) is 0 Å². The molecule has 0 aromatic carbocycles. The van der Waals surface area contributed by atoms with E-state index in [2.05, 4.69) is 10.3 Å². The van der Waals surface area contributed by atoms with Crippen molar-refractivity contribution in [2.45, 2.75) is 13.3 Å². The normalized spacial score (nSPS) is 10.5. The van der Waals surface area contributed by atoms with Crippen LogP contribution in [0.25, 0.3) is 6.08 Å². The van der Waals surface area contributed by atoms with E-state index in [1.165, 1.54) is 6.92 Å². The van der Waals surface area contributed by atoms with Crippen LogP contribution in [-0.4, -0.2) is 17.4 Å². The van der Waals surface area contributed by atoms with Gasteiger partial charge in [-0.2, -0.15) is 0 Å². The lowest BCUT2D eigenvalue weighted by molar-refractivity contribution is -0.118. The summed E-state index contributed by atoms with van der Waals surface area (Å²) in [5, 5.41) is 5.66. The minimum absolute atomic E-state index is 0.0163. The Morgan fingerprint density at radius 3 is 3.23 bits per heavy atom. The van der Waals surface area contributed by atoms with Crippen LogP contribution < -0.4 is 5.32 Å². The van der Waals surface area contributed by atoms with Crippen LogP contribution in [0.5, 0.6) is 0 Å². The highest BCUT2D eigenvalue weighted by atomic mass is 32.1. The average molecular weight is 196 g/mol. The molecule has 0 saturated heterocycles. The minimum atomic E-state index is 0.0163. The van der Waals surface area contributed by atoms with Crippen molar-refractivity contribution in [3.05, 3.63) is 22.7 Å². The van der Waals surface area contributed by atoms with Gasteiger partial charge in [0.1, 0.15) is 5.01 Å². The van der Waals surface area contributed by atoms with Gasteiger partial charge in [-0.1, -0.05) is 6.08 Å². The zero-order chi connectivity index (χ0) is 9.52. The highest BCUT2D eigenvalue weighted by Crippen LogP contribution is 2.05. The van der Waals surface area contributed by atoms with Crippen molar-refractivity contribution in [3.8, 4) is 0 Å². The van der Waals surface area contributed by atoms with Crippen LogP contribution in [0.1, 0.15) is 18.4 Å². The van der Waals surface area contributed by atoms with E-state index >= 15 is 0 Å². The fourth-order valence-corrected chi connectivity index (χ4v) is 1.39. The van der Waals surface area contributed by atoms with E-state index < -0.39 is 0 Å². The zero-order valence-corrected chi connectivity index (χ0v) is 8.30. The molecule has 4 heteroatoms.